The molecule has 0 bridgehead atoms. The number of ether oxygens (including phenoxy) is 1. The Bertz CT molecular complexity index is 603. The van der Waals surface area contributed by atoms with Crippen LogP contribution in [0.25, 0.3) is 10.8 Å². The van der Waals surface area contributed by atoms with Gasteiger partial charge in [0.05, 0.1) is 12.7 Å². The molecule has 3 heteroatoms. The lowest BCUT2D eigenvalue weighted by molar-refractivity contribution is 0.273. The molecule has 3 nitrogen and oxygen atoms in total. The van der Waals surface area contributed by atoms with E-state index in [9.17, 15) is 0 Å². The summed E-state index contributed by atoms with van der Waals surface area (Å²) in [5.41, 5.74) is -0.531. The minimum Gasteiger partial charge on any atom is -0.493 e. The monoisotopic (exact) mass is 254 g/mol. The Balaban J connectivity index is 2.01. The van der Waals surface area contributed by atoms with Crippen LogP contribution in [0.2, 0.25) is 0 Å². The Morgan fingerprint density at radius 3 is 2.63 bits per heavy atom. The van der Waals surface area contributed by atoms with E-state index in [0.29, 0.717) is 13.0 Å². The van der Waals surface area contributed by atoms with Crippen LogP contribution in [0, 0.1) is 11.3 Å². The highest BCUT2D eigenvalue weighted by Gasteiger charge is 2.20. The summed E-state index contributed by atoms with van der Waals surface area (Å²) >= 11 is 0. The van der Waals surface area contributed by atoms with Crippen LogP contribution < -0.4 is 10.1 Å². The Kier molecular flexibility index (Phi) is 4.03. The third kappa shape index (κ3) is 3.24. The van der Waals surface area contributed by atoms with Crippen LogP contribution in [-0.2, 0) is 0 Å². The van der Waals surface area contributed by atoms with Crippen molar-refractivity contribution in [1.82, 2.24) is 5.32 Å². The van der Waals surface area contributed by atoms with Crippen molar-refractivity contribution in [3.8, 4) is 11.8 Å². The molecule has 1 atom stereocenters. The number of rotatable bonds is 5. The Hall–Kier alpha value is -2.05. The second-order valence-corrected chi connectivity index (χ2v) is 4.80. The molecule has 19 heavy (non-hydrogen) atoms. The summed E-state index contributed by atoms with van der Waals surface area (Å²) in [4.78, 5) is 0. The van der Waals surface area contributed by atoms with Gasteiger partial charge in [-0.15, -0.1) is 0 Å². The maximum absolute atomic E-state index is 9.06. The van der Waals surface area contributed by atoms with Crippen LogP contribution in [0.15, 0.2) is 42.5 Å². The second-order valence-electron chi connectivity index (χ2n) is 4.80. The molecule has 0 spiro atoms. The minimum absolute atomic E-state index is 0.517. The summed E-state index contributed by atoms with van der Waals surface area (Å²) in [5, 5.41) is 14.4. The van der Waals surface area contributed by atoms with Gasteiger partial charge in [0.25, 0.3) is 0 Å². The molecule has 0 aliphatic heterocycles. The Morgan fingerprint density at radius 2 is 1.95 bits per heavy atom. The smallest absolute Gasteiger partial charge is 0.119 e. The quantitative estimate of drug-likeness (QED) is 0.891. The van der Waals surface area contributed by atoms with Gasteiger partial charge in [-0.05, 0) is 36.9 Å². The standard InChI is InChI=1S/C16H18N2O/c1-16(12-17,18-2)9-10-19-15-8-7-13-5-3-4-6-14(13)11-15/h3-8,11,18H,9-10H2,1-2H3. The predicted octanol–water partition coefficient (Wildman–Crippen LogP) is 3.11. The predicted molar refractivity (Wildman–Crippen MR) is 77.1 cm³/mol. The molecular formula is C16H18N2O. The van der Waals surface area contributed by atoms with Crippen molar-refractivity contribution in [2.75, 3.05) is 13.7 Å². The van der Waals surface area contributed by atoms with Crippen molar-refractivity contribution in [1.29, 1.82) is 5.26 Å². The molecule has 2 aromatic carbocycles. The van der Waals surface area contributed by atoms with E-state index in [4.69, 9.17) is 10.00 Å². The van der Waals surface area contributed by atoms with E-state index in [0.717, 1.165) is 11.1 Å². The van der Waals surface area contributed by atoms with Gasteiger partial charge in [0.1, 0.15) is 11.3 Å². The first-order valence-electron chi connectivity index (χ1n) is 6.39. The molecule has 0 aliphatic carbocycles. The molecule has 2 aromatic rings. The molecule has 1 N–H and O–H groups in total. The van der Waals surface area contributed by atoms with E-state index < -0.39 is 5.54 Å². The van der Waals surface area contributed by atoms with Crippen molar-refractivity contribution in [2.45, 2.75) is 18.9 Å². The minimum atomic E-state index is -0.531. The first-order valence-corrected chi connectivity index (χ1v) is 6.39. The average molecular weight is 254 g/mol. The summed E-state index contributed by atoms with van der Waals surface area (Å²) in [5.74, 6) is 0.843. The van der Waals surface area contributed by atoms with Crippen molar-refractivity contribution in [2.24, 2.45) is 0 Å². The van der Waals surface area contributed by atoms with Crippen molar-refractivity contribution in [3.05, 3.63) is 42.5 Å². The molecule has 0 saturated heterocycles. The van der Waals surface area contributed by atoms with E-state index in [2.05, 4.69) is 23.5 Å². The fourth-order valence-electron chi connectivity index (χ4n) is 1.87. The van der Waals surface area contributed by atoms with Crippen LogP contribution in [0.3, 0.4) is 0 Å². The van der Waals surface area contributed by atoms with Crippen LogP contribution in [0.1, 0.15) is 13.3 Å². The lowest BCUT2D eigenvalue weighted by Crippen LogP contribution is -2.39. The van der Waals surface area contributed by atoms with E-state index in [1.807, 2.05) is 37.3 Å². The van der Waals surface area contributed by atoms with E-state index in [-0.39, 0.29) is 0 Å². The lowest BCUT2D eigenvalue weighted by atomic mass is 10.0. The van der Waals surface area contributed by atoms with Gasteiger partial charge in [-0.3, -0.25) is 0 Å². The number of hydrogen-bond donors (Lipinski definition) is 1. The molecule has 0 amide bonds. The van der Waals surface area contributed by atoms with Gasteiger partial charge in [0, 0.05) is 6.42 Å². The van der Waals surface area contributed by atoms with Crippen molar-refractivity contribution < 1.29 is 4.74 Å². The summed E-state index contributed by atoms with van der Waals surface area (Å²) in [7, 11) is 1.79. The first-order chi connectivity index (χ1) is 9.17. The number of nitriles is 1. The van der Waals surface area contributed by atoms with Crippen LogP contribution >= 0.6 is 0 Å². The van der Waals surface area contributed by atoms with Gasteiger partial charge >= 0.3 is 0 Å². The number of nitrogens with zero attached hydrogens (tertiary/aromatic N) is 1. The summed E-state index contributed by atoms with van der Waals surface area (Å²) in [6.45, 7) is 2.39. The summed E-state index contributed by atoms with van der Waals surface area (Å²) in [6, 6.07) is 16.5. The zero-order valence-electron chi connectivity index (χ0n) is 11.3. The highest BCUT2D eigenvalue weighted by molar-refractivity contribution is 5.83. The van der Waals surface area contributed by atoms with Gasteiger partial charge in [0.15, 0.2) is 0 Å². The number of fused-ring (bicyclic) bond motifs is 1. The SMILES string of the molecule is CNC(C)(C#N)CCOc1ccc2ccccc2c1. The Morgan fingerprint density at radius 1 is 1.21 bits per heavy atom. The second kappa shape index (κ2) is 5.73. The maximum Gasteiger partial charge on any atom is 0.119 e. The van der Waals surface area contributed by atoms with Crippen LogP contribution in [-0.4, -0.2) is 19.2 Å². The molecule has 98 valence electrons. The molecule has 0 radical (unpaired) electrons. The molecule has 1 unspecified atom stereocenters. The van der Waals surface area contributed by atoms with Crippen molar-refractivity contribution in [3.63, 3.8) is 0 Å². The van der Waals surface area contributed by atoms with Gasteiger partial charge in [-0.2, -0.15) is 5.26 Å². The van der Waals surface area contributed by atoms with Gasteiger partial charge < -0.3 is 10.1 Å². The average Bonchev–Trinajstić information content (AvgIpc) is 2.47. The molecular weight excluding hydrogens is 236 g/mol. The Labute approximate surface area is 113 Å². The molecule has 0 aromatic heterocycles. The molecule has 0 aliphatic rings. The zero-order chi connectivity index (χ0) is 13.7. The third-order valence-electron chi connectivity index (χ3n) is 3.39. The topological polar surface area (TPSA) is 45.0 Å². The zero-order valence-corrected chi connectivity index (χ0v) is 11.3. The fraction of sp³-hybridized carbons (Fsp3) is 0.312. The van der Waals surface area contributed by atoms with Gasteiger partial charge in [-0.25, -0.2) is 0 Å². The van der Waals surface area contributed by atoms with Crippen molar-refractivity contribution >= 4 is 10.8 Å². The molecule has 0 saturated carbocycles. The number of nitrogens with one attached hydrogen (secondary N) is 1. The van der Waals surface area contributed by atoms with Crippen LogP contribution in [0.4, 0.5) is 0 Å². The summed E-state index contributed by atoms with van der Waals surface area (Å²) in [6.07, 6.45) is 0.646. The van der Waals surface area contributed by atoms with E-state index >= 15 is 0 Å². The van der Waals surface area contributed by atoms with Gasteiger partial charge in [-0.1, -0.05) is 30.3 Å². The van der Waals surface area contributed by atoms with Gasteiger partial charge in [0.2, 0.25) is 0 Å². The lowest BCUT2D eigenvalue weighted by Gasteiger charge is -2.20. The highest BCUT2D eigenvalue weighted by Crippen LogP contribution is 2.21. The first kappa shape index (κ1) is 13.4. The van der Waals surface area contributed by atoms with E-state index in [1.54, 1.807) is 7.05 Å². The maximum atomic E-state index is 9.06. The largest absolute Gasteiger partial charge is 0.493 e. The van der Waals surface area contributed by atoms with E-state index in [1.165, 1.54) is 5.39 Å². The molecule has 2 rings (SSSR count). The molecule has 0 fully saturated rings. The number of benzene rings is 2. The summed E-state index contributed by atoms with van der Waals surface area (Å²) < 4.78 is 5.72. The fourth-order valence-corrected chi connectivity index (χ4v) is 1.87. The van der Waals surface area contributed by atoms with Crippen LogP contribution in [0.5, 0.6) is 5.75 Å². The molecule has 0 heterocycles. The number of hydrogen-bond acceptors (Lipinski definition) is 3. The highest BCUT2D eigenvalue weighted by atomic mass is 16.5. The third-order valence-corrected chi connectivity index (χ3v) is 3.39. The normalized spacial score (nSPS) is 13.7.